The first-order valence-corrected chi connectivity index (χ1v) is 9.89. The van der Waals surface area contributed by atoms with Gasteiger partial charge in [-0.15, -0.1) is 0 Å². The fourth-order valence-electron chi connectivity index (χ4n) is 2.71. The van der Waals surface area contributed by atoms with Crippen LogP contribution >= 0.6 is 15.9 Å². The molecule has 0 unspecified atom stereocenters. The number of nitro groups is 1. The molecular formula is C22H18BrFN2O5. The van der Waals surface area contributed by atoms with Gasteiger partial charge in [0.1, 0.15) is 19.0 Å². The lowest BCUT2D eigenvalue weighted by atomic mass is 10.2. The van der Waals surface area contributed by atoms with Crippen LogP contribution in [-0.2, 0) is 18.1 Å². The molecule has 0 fully saturated rings. The number of nitro benzene ring substituents is 1. The van der Waals surface area contributed by atoms with Crippen molar-refractivity contribution >= 4 is 27.8 Å². The summed E-state index contributed by atoms with van der Waals surface area (Å²) in [4.78, 5) is 15.6. The average molecular weight is 489 g/mol. The molecule has 0 bridgehead atoms. The lowest BCUT2D eigenvalue weighted by Crippen LogP contribution is -2.00. The summed E-state index contributed by atoms with van der Waals surface area (Å²) < 4.78 is 25.2. The van der Waals surface area contributed by atoms with Crippen LogP contribution in [0.15, 0.2) is 70.3 Å². The minimum Gasteiger partial charge on any atom is -0.493 e. The molecule has 0 saturated carbocycles. The number of ether oxygens (including phenoxy) is 2. The Morgan fingerprint density at radius 3 is 2.55 bits per heavy atom. The number of oxime groups is 1. The highest BCUT2D eigenvalue weighted by atomic mass is 79.9. The smallest absolute Gasteiger partial charge is 0.269 e. The molecule has 31 heavy (non-hydrogen) atoms. The quantitative estimate of drug-likeness (QED) is 0.221. The van der Waals surface area contributed by atoms with Crippen molar-refractivity contribution in [1.82, 2.24) is 0 Å². The Kier molecular flexibility index (Phi) is 7.55. The second-order valence-corrected chi connectivity index (χ2v) is 7.24. The molecule has 0 atom stereocenters. The highest BCUT2D eigenvalue weighted by Gasteiger charge is 2.12. The Hall–Kier alpha value is -3.46. The SMILES string of the molecule is COc1cc(/C=N\OCc2cccc([N+](=O)[O-])c2)cc(Br)c1OCc1cccc(F)c1. The van der Waals surface area contributed by atoms with E-state index in [9.17, 15) is 14.5 Å². The number of hydrogen-bond acceptors (Lipinski definition) is 6. The number of nitrogens with zero attached hydrogens (tertiary/aromatic N) is 2. The number of benzene rings is 3. The number of hydrogen-bond donors (Lipinski definition) is 0. The van der Waals surface area contributed by atoms with E-state index in [0.29, 0.717) is 32.7 Å². The van der Waals surface area contributed by atoms with Gasteiger partial charge in [0.05, 0.1) is 22.7 Å². The number of non-ortho nitro benzene ring substituents is 1. The zero-order chi connectivity index (χ0) is 22.2. The Morgan fingerprint density at radius 2 is 1.84 bits per heavy atom. The highest BCUT2D eigenvalue weighted by molar-refractivity contribution is 9.10. The number of methoxy groups -OCH3 is 1. The van der Waals surface area contributed by atoms with E-state index in [1.54, 1.807) is 36.4 Å². The standard InChI is InChI=1S/C22H18BrFN2O5/c1-29-21-11-17(12-25-31-14-16-5-3-7-19(9-16)26(27)28)10-20(23)22(21)30-13-15-4-2-6-18(24)8-15/h2-12H,13-14H2,1H3/b25-12-. The van der Waals surface area contributed by atoms with Crippen LogP contribution in [0.5, 0.6) is 11.5 Å². The molecule has 0 radical (unpaired) electrons. The fraction of sp³-hybridized carbons (Fsp3) is 0.136. The minimum absolute atomic E-state index is 0.00687. The number of halogens is 2. The first kappa shape index (κ1) is 22.2. The first-order chi connectivity index (χ1) is 15.0. The van der Waals surface area contributed by atoms with Crippen molar-refractivity contribution in [3.8, 4) is 11.5 Å². The van der Waals surface area contributed by atoms with Gasteiger partial charge in [-0.3, -0.25) is 10.1 Å². The fourth-order valence-corrected chi connectivity index (χ4v) is 3.28. The zero-order valence-corrected chi connectivity index (χ0v) is 18.0. The van der Waals surface area contributed by atoms with Gasteiger partial charge < -0.3 is 14.3 Å². The van der Waals surface area contributed by atoms with Gasteiger partial charge in [0, 0.05) is 17.7 Å². The predicted molar refractivity (Wildman–Crippen MR) is 117 cm³/mol. The van der Waals surface area contributed by atoms with Gasteiger partial charge >= 0.3 is 0 Å². The van der Waals surface area contributed by atoms with Crippen molar-refractivity contribution in [2.24, 2.45) is 5.16 Å². The molecule has 7 nitrogen and oxygen atoms in total. The van der Waals surface area contributed by atoms with Crippen LogP contribution in [0.25, 0.3) is 0 Å². The molecule has 0 spiro atoms. The van der Waals surface area contributed by atoms with E-state index in [-0.39, 0.29) is 24.7 Å². The Morgan fingerprint density at radius 1 is 1.10 bits per heavy atom. The van der Waals surface area contributed by atoms with Crippen LogP contribution in [-0.4, -0.2) is 18.2 Å². The topological polar surface area (TPSA) is 83.2 Å². The van der Waals surface area contributed by atoms with Gasteiger partial charge in [0.25, 0.3) is 5.69 Å². The monoisotopic (exact) mass is 488 g/mol. The van der Waals surface area contributed by atoms with E-state index in [1.807, 2.05) is 0 Å². The Labute approximate surface area is 186 Å². The summed E-state index contributed by atoms with van der Waals surface area (Å²) >= 11 is 3.45. The molecule has 0 aliphatic heterocycles. The van der Waals surface area contributed by atoms with Gasteiger partial charge in [-0.2, -0.15) is 0 Å². The van der Waals surface area contributed by atoms with E-state index >= 15 is 0 Å². The first-order valence-electron chi connectivity index (χ1n) is 9.09. The highest BCUT2D eigenvalue weighted by Crippen LogP contribution is 2.37. The van der Waals surface area contributed by atoms with Crippen LogP contribution in [0, 0.1) is 15.9 Å². The summed E-state index contributed by atoms with van der Waals surface area (Å²) in [5.74, 6) is 0.608. The lowest BCUT2D eigenvalue weighted by molar-refractivity contribution is -0.384. The van der Waals surface area contributed by atoms with Gasteiger partial charge in [0.15, 0.2) is 11.5 Å². The molecule has 9 heteroatoms. The summed E-state index contributed by atoms with van der Waals surface area (Å²) in [6, 6.07) is 15.8. The van der Waals surface area contributed by atoms with Gasteiger partial charge in [-0.1, -0.05) is 29.4 Å². The number of rotatable bonds is 9. The summed E-state index contributed by atoms with van der Waals surface area (Å²) in [5, 5.41) is 14.7. The van der Waals surface area contributed by atoms with Crippen LogP contribution in [0.3, 0.4) is 0 Å². The summed E-state index contributed by atoms with van der Waals surface area (Å²) in [7, 11) is 1.51. The lowest BCUT2D eigenvalue weighted by Gasteiger charge is -2.13. The molecule has 160 valence electrons. The molecule has 0 aliphatic carbocycles. The minimum atomic E-state index is -0.464. The molecule has 0 aliphatic rings. The molecule has 3 rings (SSSR count). The molecule has 0 N–H and O–H groups in total. The Bertz CT molecular complexity index is 1110. The summed E-state index contributed by atoms with van der Waals surface area (Å²) in [6.07, 6.45) is 1.49. The summed E-state index contributed by atoms with van der Waals surface area (Å²) in [5.41, 5.74) is 1.99. The van der Waals surface area contributed by atoms with Crippen LogP contribution in [0.1, 0.15) is 16.7 Å². The van der Waals surface area contributed by atoms with Crippen molar-refractivity contribution in [2.75, 3.05) is 7.11 Å². The molecular weight excluding hydrogens is 471 g/mol. The zero-order valence-electron chi connectivity index (χ0n) is 16.5. The van der Waals surface area contributed by atoms with E-state index in [1.165, 1.54) is 37.6 Å². The van der Waals surface area contributed by atoms with Crippen molar-refractivity contribution < 1.29 is 23.6 Å². The summed E-state index contributed by atoms with van der Waals surface area (Å²) in [6.45, 7) is 0.262. The third-order valence-corrected chi connectivity index (χ3v) is 4.74. The van der Waals surface area contributed by atoms with Gasteiger partial charge in [-0.25, -0.2) is 4.39 Å². The second-order valence-electron chi connectivity index (χ2n) is 6.39. The molecule has 3 aromatic carbocycles. The second kappa shape index (κ2) is 10.5. The average Bonchev–Trinajstić information content (AvgIpc) is 2.76. The van der Waals surface area contributed by atoms with Crippen molar-refractivity contribution in [2.45, 2.75) is 13.2 Å². The van der Waals surface area contributed by atoms with Crippen molar-refractivity contribution in [3.63, 3.8) is 0 Å². The maximum Gasteiger partial charge on any atom is 0.269 e. The third-order valence-electron chi connectivity index (χ3n) is 4.15. The Balaban J connectivity index is 1.65. The normalized spacial score (nSPS) is 10.8. The van der Waals surface area contributed by atoms with Gasteiger partial charge in [-0.05, 0) is 51.3 Å². The van der Waals surface area contributed by atoms with E-state index in [4.69, 9.17) is 14.3 Å². The largest absolute Gasteiger partial charge is 0.493 e. The van der Waals surface area contributed by atoms with Crippen LogP contribution in [0.2, 0.25) is 0 Å². The molecule has 0 amide bonds. The van der Waals surface area contributed by atoms with Crippen molar-refractivity contribution in [1.29, 1.82) is 0 Å². The van der Waals surface area contributed by atoms with E-state index < -0.39 is 4.92 Å². The van der Waals surface area contributed by atoms with Crippen LogP contribution < -0.4 is 9.47 Å². The maximum atomic E-state index is 13.3. The third kappa shape index (κ3) is 6.26. The molecule has 0 saturated heterocycles. The van der Waals surface area contributed by atoms with Crippen molar-refractivity contribution in [3.05, 3.63) is 97.8 Å². The molecule has 0 aromatic heterocycles. The van der Waals surface area contributed by atoms with E-state index in [2.05, 4.69) is 21.1 Å². The molecule has 0 heterocycles. The maximum absolute atomic E-state index is 13.3. The van der Waals surface area contributed by atoms with Crippen LogP contribution in [0.4, 0.5) is 10.1 Å². The molecule has 3 aromatic rings. The van der Waals surface area contributed by atoms with E-state index in [0.717, 1.165) is 0 Å². The van der Waals surface area contributed by atoms with Gasteiger partial charge in [0.2, 0.25) is 0 Å². The predicted octanol–water partition coefficient (Wildman–Crippen LogP) is 5.63.